The third-order valence-corrected chi connectivity index (χ3v) is 7.18. The van der Waals surface area contributed by atoms with Gasteiger partial charge in [-0.25, -0.2) is 8.42 Å². The molecule has 2 saturated heterocycles. The predicted octanol–water partition coefficient (Wildman–Crippen LogP) is 0.549. The number of morpholine rings is 1. The molecule has 0 radical (unpaired) electrons. The van der Waals surface area contributed by atoms with Gasteiger partial charge in [-0.2, -0.15) is 4.31 Å². The van der Waals surface area contributed by atoms with Crippen LogP contribution >= 0.6 is 0 Å². The smallest absolute Gasteiger partial charge is 0.211 e. The van der Waals surface area contributed by atoms with Crippen LogP contribution in [0.15, 0.2) is 0 Å². The predicted molar refractivity (Wildman–Crippen MR) is 91.0 cm³/mol. The van der Waals surface area contributed by atoms with Gasteiger partial charge in [-0.1, -0.05) is 0 Å². The van der Waals surface area contributed by atoms with Crippen molar-refractivity contribution in [1.82, 2.24) is 14.9 Å². The van der Waals surface area contributed by atoms with Crippen LogP contribution in [0.4, 0.5) is 0 Å². The lowest BCUT2D eigenvalue weighted by Crippen LogP contribution is -2.50. The third kappa shape index (κ3) is 4.66. The lowest BCUT2D eigenvalue weighted by Gasteiger charge is -2.43. The van der Waals surface area contributed by atoms with Gasteiger partial charge in [-0.15, -0.1) is 0 Å². The van der Waals surface area contributed by atoms with Gasteiger partial charge in [0.15, 0.2) is 0 Å². The summed E-state index contributed by atoms with van der Waals surface area (Å²) in [6, 6.07) is 0.563. The van der Waals surface area contributed by atoms with Crippen LogP contribution in [0, 0.1) is 5.41 Å². The number of nitrogens with zero attached hydrogens (tertiary/aromatic N) is 1. The fraction of sp³-hybridized carbons (Fsp3) is 1.00. The molecule has 0 bridgehead atoms. The van der Waals surface area contributed by atoms with Gasteiger partial charge in [0.05, 0.1) is 19.0 Å². The van der Waals surface area contributed by atoms with Crippen molar-refractivity contribution < 1.29 is 13.2 Å². The number of hydrogen-bond donors (Lipinski definition) is 2. The van der Waals surface area contributed by atoms with Gasteiger partial charge in [-0.3, -0.25) is 0 Å². The Morgan fingerprint density at radius 3 is 2.57 bits per heavy atom. The van der Waals surface area contributed by atoms with Crippen LogP contribution in [-0.4, -0.2) is 70.5 Å². The summed E-state index contributed by atoms with van der Waals surface area (Å²) in [5, 5.41) is 7.09. The second kappa shape index (κ2) is 7.35. The molecule has 6 nitrogen and oxygen atoms in total. The minimum Gasteiger partial charge on any atom is -0.374 e. The second-order valence-corrected chi connectivity index (χ2v) is 9.53. The first kappa shape index (κ1) is 17.6. The van der Waals surface area contributed by atoms with Crippen molar-refractivity contribution in [2.45, 2.75) is 50.7 Å². The Labute approximate surface area is 140 Å². The highest BCUT2D eigenvalue weighted by molar-refractivity contribution is 7.88. The van der Waals surface area contributed by atoms with E-state index in [0.29, 0.717) is 31.2 Å². The number of rotatable bonds is 4. The molecule has 3 fully saturated rings. The summed E-state index contributed by atoms with van der Waals surface area (Å²) >= 11 is 0. The largest absolute Gasteiger partial charge is 0.374 e. The minimum atomic E-state index is -3.10. The van der Waals surface area contributed by atoms with Gasteiger partial charge in [0.2, 0.25) is 10.0 Å². The van der Waals surface area contributed by atoms with E-state index in [4.69, 9.17) is 4.74 Å². The van der Waals surface area contributed by atoms with Crippen LogP contribution in [-0.2, 0) is 14.8 Å². The van der Waals surface area contributed by atoms with Crippen LogP contribution < -0.4 is 10.6 Å². The SMILES string of the molecule is CS(=O)(=O)N1CCO[C@@H](CNC2CCC3(CCNCC3)CC2)C1. The monoisotopic (exact) mass is 345 g/mol. The molecule has 2 heterocycles. The first-order valence-corrected chi connectivity index (χ1v) is 10.8. The molecule has 0 unspecified atom stereocenters. The van der Waals surface area contributed by atoms with Crippen molar-refractivity contribution in [3.8, 4) is 0 Å². The highest BCUT2D eigenvalue weighted by atomic mass is 32.2. The van der Waals surface area contributed by atoms with Crippen LogP contribution in [0.2, 0.25) is 0 Å². The first-order chi connectivity index (χ1) is 11.0. The Balaban J connectivity index is 1.41. The Morgan fingerprint density at radius 2 is 1.91 bits per heavy atom. The molecule has 0 amide bonds. The molecule has 1 aliphatic carbocycles. The maximum Gasteiger partial charge on any atom is 0.211 e. The maximum absolute atomic E-state index is 11.7. The number of sulfonamides is 1. The number of hydrogen-bond acceptors (Lipinski definition) is 5. The number of nitrogens with one attached hydrogen (secondary N) is 2. The summed E-state index contributed by atoms with van der Waals surface area (Å²) in [6.45, 7) is 4.57. The average Bonchev–Trinajstić information content (AvgIpc) is 2.55. The molecule has 7 heteroatoms. The highest BCUT2D eigenvalue weighted by Gasteiger charge is 2.36. The van der Waals surface area contributed by atoms with E-state index in [1.807, 2.05) is 0 Å². The van der Waals surface area contributed by atoms with Crippen LogP contribution in [0.3, 0.4) is 0 Å². The van der Waals surface area contributed by atoms with Crippen LogP contribution in [0.1, 0.15) is 38.5 Å². The van der Waals surface area contributed by atoms with Gasteiger partial charge in [-0.05, 0) is 57.0 Å². The highest BCUT2D eigenvalue weighted by Crippen LogP contribution is 2.43. The topological polar surface area (TPSA) is 70.7 Å². The van der Waals surface area contributed by atoms with Gasteiger partial charge in [0, 0.05) is 25.7 Å². The summed E-state index contributed by atoms with van der Waals surface area (Å²) in [5.41, 5.74) is 0.595. The normalized spacial score (nSPS) is 30.6. The third-order valence-electron chi connectivity index (χ3n) is 5.92. The van der Waals surface area contributed by atoms with Crippen molar-refractivity contribution in [3.05, 3.63) is 0 Å². The van der Waals surface area contributed by atoms with Crippen molar-refractivity contribution >= 4 is 10.0 Å². The van der Waals surface area contributed by atoms with E-state index in [1.165, 1.54) is 62.2 Å². The molecule has 1 saturated carbocycles. The first-order valence-electron chi connectivity index (χ1n) is 8.98. The minimum absolute atomic E-state index is 0.0201. The van der Waals surface area contributed by atoms with Gasteiger partial charge >= 0.3 is 0 Å². The molecule has 0 aromatic heterocycles. The molecule has 0 aromatic carbocycles. The maximum atomic E-state index is 11.7. The molecule has 3 rings (SSSR count). The lowest BCUT2D eigenvalue weighted by molar-refractivity contribution is -0.00320. The zero-order valence-corrected chi connectivity index (χ0v) is 15.0. The van der Waals surface area contributed by atoms with E-state index < -0.39 is 10.0 Å². The van der Waals surface area contributed by atoms with Gasteiger partial charge in [0.25, 0.3) is 0 Å². The Bertz CT molecular complexity index is 481. The average molecular weight is 346 g/mol. The molecule has 2 aliphatic heterocycles. The van der Waals surface area contributed by atoms with Crippen molar-refractivity contribution in [2.24, 2.45) is 5.41 Å². The summed E-state index contributed by atoms with van der Waals surface area (Å²) in [4.78, 5) is 0. The van der Waals surface area contributed by atoms with Crippen molar-refractivity contribution in [2.75, 3.05) is 45.6 Å². The molecule has 1 spiro atoms. The zero-order chi connectivity index (χ0) is 16.3. The summed E-state index contributed by atoms with van der Waals surface area (Å²) in [5.74, 6) is 0. The van der Waals surface area contributed by atoms with Gasteiger partial charge < -0.3 is 15.4 Å². The molecule has 0 aromatic rings. The van der Waals surface area contributed by atoms with E-state index in [1.54, 1.807) is 0 Å². The van der Waals surface area contributed by atoms with Crippen molar-refractivity contribution in [3.63, 3.8) is 0 Å². The molecule has 2 N–H and O–H groups in total. The molecular weight excluding hydrogens is 314 g/mol. The van der Waals surface area contributed by atoms with E-state index in [9.17, 15) is 8.42 Å². The quantitative estimate of drug-likeness (QED) is 0.779. The fourth-order valence-corrected chi connectivity index (χ4v) is 5.15. The van der Waals surface area contributed by atoms with Crippen LogP contribution in [0.5, 0.6) is 0 Å². The number of ether oxygens (including phenoxy) is 1. The number of piperidine rings is 1. The standard InChI is InChI=1S/C16H31N3O3S/c1-23(20,21)19-10-11-22-15(13-19)12-18-14-2-4-16(5-3-14)6-8-17-9-7-16/h14-15,17-18H,2-13H2,1H3/t15-/m0/s1. The summed E-state index contributed by atoms with van der Waals surface area (Å²) in [6.07, 6.45) is 9.05. The van der Waals surface area contributed by atoms with Crippen LogP contribution in [0.25, 0.3) is 0 Å². The van der Waals surface area contributed by atoms with E-state index >= 15 is 0 Å². The van der Waals surface area contributed by atoms with Crippen molar-refractivity contribution in [1.29, 1.82) is 0 Å². The second-order valence-electron chi connectivity index (χ2n) is 7.55. The molecule has 23 heavy (non-hydrogen) atoms. The Hall–Kier alpha value is -0.210. The molecular formula is C16H31N3O3S. The fourth-order valence-electron chi connectivity index (χ4n) is 4.31. The van der Waals surface area contributed by atoms with E-state index in [2.05, 4.69) is 10.6 Å². The summed E-state index contributed by atoms with van der Waals surface area (Å²) in [7, 11) is -3.10. The Kier molecular flexibility index (Phi) is 5.63. The molecule has 1 atom stereocenters. The van der Waals surface area contributed by atoms with E-state index in [-0.39, 0.29) is 6.10 Å². The zero-order valence-electron chi connectivity index (χ0n) is 14.2. The van der Waals surface area contributed by atoms with E-state index in [0.717, 1.165) is 6.54 Å². The molecule has 3 aliphatic rings. The Morgan fingerprint density at radius 1 is 1.22 bits per heavy atom. The lowest BCUT2D eigenvalue weighted by atomic mass is 9.67. The van der Waals surface area contributed by atoms with Gasteiger partial charge in [0.1, 0.15) is 0 Å². The molecule has 134 valence electrons. The summed E-state index contributed by atoms with van der Waals surface area (Å²) < 4.78 is 30.6.